The zero-order chi connectivity index (χ0) is 9.26. The summed E-state index contributed by atoms with van der Waals surface area (Å²) in [7, 11) is 0. The van der Waals surface area contributed by atoms with E-state index < -0.39 is 0 Å². The Hall–Kier alpha value is -0.0800. The third kappa shape index (κ3) is 2.68. The van der Waals surface area contributed by atoms with Gasteiger partial charge in [0, 0.05) is 0 Å². The highest BCUT2D eigenvalue weighted by molar-refractivity contribution is 9.28. The molecule has 0 aliphatic heterocycles. The minimum absolute atomic E-state index is 0.836. The molecule has 0 spiro atoms. The summed E-state index contributed by atoms with van der Waals surface area (Å²) in [5.74, 6) is 0.836. The number of hydrogen-bond acceptors (Lipinski definition) is 0. The standard InChI is InChI=1S/C11H10Br2/c12-11(13)7-8-2-1-3-10(6-8)9-4-5-9/h1-3,6-7,9H,4-5H2. The summed E-state index contributed by atoms with van der Waals surface area (Å²) in [6.45, 7) is 0. The first-order valence-corrected chi connectivity index (χ1v) is 5.97. The molecule has 1 fully saturated rings. The van der Waals surface area contributed by atoms with Gasteiger partial charge in [0.1, 0.15) is 0 Å². The van der Waals surface area contributed by atoms with E-state index in [0.717, 1.165) is 9.31 Å². The highest BCUT2D eigenvalue weighted by Crippen LogP contribution is 2.40. The minimum atomic E-state index is 0.836. The van der Waals surface area contributed by atoms with Gasteiger partial charge >= 0.3 is 0 Å². The molecule has 13 heavy (non-hydrogen) atoms. The summed E-state index contributed by atoms with van der Waals surface area (Å²) in [6, 6.07) is 8.73. The van der Waals surface area contributed by atoms with E-state index >= 15 is 0 Å². The van der Waals surface area contributed by atoms with E-state index in [9.17, 15) is 0 Å². The van der Waals surface area contributed by atoms with Gasteiger partial charge in [-0.2, -0.15) is 0 Å². The second kappa shape index (κ2) is 3.97. The van der Waals surface area contributed by atoms with Crippen LogP contribution in [0.1, 0.15) is 29.9 Å². The van der Waals surface area contributed by atoms with E-state index in [1.165, 1.54) is 24.0 Å². The normalized spacial score (nSPS) is 15.5. The Labute approximate surface area is 95.3 Å². The molecule has 0 amide bonds. The lowest BCUT2D eigenvalue weighted by molar-refractivity contribution is 1.13. The van der Waals surface area contributed by atoms with Crippen molar-refractivity contribution >= 4 is 37.9 Å². The number of hydrogen-bond donors (Lipinski definition) is 0. The van der Waals surface area contributed by atoms with Crippen LogP contribution in [0.4, 0.5) is 0 Å². The van der Waals surface area contributed by atoms with Crippen LogP contribution in [0.15, 0.2) is 27.7 Å². The molecular formula is C11H10Br2. The summed E-state index contributed by atoms with van der Waals surface area (Å²) in [4.78, 5) is 0. The Bertz CT molecular complexity index is 334. The van der Waals surface area contributed by atoms with Gasteiger partial charge in [0.05, 0.1) is 3.39 Å². The molecule has 0 radical (unpaired) electrons. The lowest BCUT2D eigenvalue weighted by Gasteiger charge is -1.99. The SMILES string of the molecule is BrC(Br)=Cc1cccc(C2CC2)c1. The van der Waals surface area contributed by atoms with Gasteiger partial charge in [-0.05, 0) is 67.8 Å². The summed E-state index contributed by atoms with van der Waals surface area (Å²) < 4.78 is 0.993. The Morgan fingerprint density at radius 1 is 1.31 bits per heavy atom. The van der Waals surface area contributed by atoms with E-state index in [1.54, 1.807) is 0 Å². The van der Waals surface area contributed by atoms with Crippen molar-refractivity contribution in [2.75, 3.05) is 0 Å². The van der Waals surface area contributed by atoms with Crippen LogP contribution in [0.3, 0.4) is 0 Å². The molecule has 0 bridgehead atoms. The van der Waals surface area contributed by atoms with Crippen molar-refractivity contribution in [1.29, 1.82) is 0 Å². The smallest absolute Gasteiger partial charge is 0.0610 e. The van der Waals surface area contributed by atoms with Crippen LogP contribution in [-0.2, 0) is 0 Å². The average Bonchev–Trinajstić information content (AvgIpc) is 2.85. The van der Waals surface area contributed by atoms with E-state index in [0.29, 0.717) is 0 Å². The quantitative estimate of drug-likeness (QED) is 0.746. The highest BCUT2D eigenvalue weighted by Gasteiger charge is 2.22. The van der Waals surface area contributed by atoms with Crippen LogP contribution in [0, 0.1) is 0 Å². The van der Waals surface area contributed by atoms with Crippen molar-refractivity contribution in [2.45, 2.75) is 18.8 Å². The summed E-state index contributed by atoms with van der Waals surface area (Å²) in [5, 5.41) is 0. The third-order valence-electron chi connectivity index (χ3n) is 2.24. The fourth-order valence-corrected chi connectivity index (χ4v) is 1.97. The van der Waals surface area contributed by atoms with Crippen molar-refractivity contribution in [1.82, 2.24) is 0 Å². The molecule has 2 rings (SSSR count). The van der Waals surface area contributed by atoms with Crippen molar-refractivity contribution < 1.29 is 0 Å². The minimum Gasteiger partial charge on any atom is -0.0614 e. The molecule has 1 aromatic carbocycles. The van der Waals surface area contributed by atoms with Crippen molar-refractivity contribution in [3.63, 3.8) is 0 Å². The van der Waals surface area contributed by atoms with Gasteiger partial charge < -0.3 is 0 Å². The second-order valence-corrected chi connectivity index (χ2v) is 6.15. The molecule has 0 atom stereocenters. The predicted octanol–water partition coefficient (Wildman–Crippen LogP) is 4.65. The number of halogens is 2. The highest BCUT2D eigenvalue weighted by atomic mass is 79.9. The van der Waals surface area contributed by atoms with Crippen LogP contribution in [0.2, 0.25) is 0 Å². The Morgan fingerprint density at radius 2 is 2.08 bits per heavy atom. The second-order valence-electron chi connectivity index (χ2n) is 3.38. The molecule has 0 heterocycles. The fourth-order valence-electron chi connectivity index (χ4n) is 1.45. The average molecular weight is 302 g/mol. The molecule has 68 valence electrons. The van der Waals surface area contributed by atoms with E-state index in [4.69, 9.17) is 0 Å². The van der Waals surface area contributed by atoms with Gasteiger partial charge in [0.2, 0.25) is 0 Å². The molecule has 1 aliphatic carbocycles. The molecule has 0 saturated heterocycles. The molecule has 0 N–H and O–H groups in total. The van der Waals surface area contributed by atoms with Crippen molar-refractivity contribution in [3.05, 3.63) is 38.8 Å². The summed E-state index contributed by atoms with van der Waals surface area (Å²) >= 11 is 6.73. The molecule has 2 heteroatoms. The Balaban J connectivity index is 2.26. The van der Waals surface area contributed by atoms with Crippen LogP contribution in [0.5, 0.6) is 0 Å². The summed E-state index contributed by atoms with van der Waals surface area (Å²) in [6.07, 6.45) is 4.80. The van der Waals surface area contributed by atoms with Crippen LogP contribution < -0.4 is 0 Å². The third-order valence-corrected chi connectivity index (χ3v) is 2.69. The van der Waals surface area contributed by atoms with Gasteiger partial charge in [0.15, 0.2) is 0 Å². The maximum absolute atomic E-state index is 3.37. The fraction of sp³-hybridized carbons (Fsp3) is 0.273. The van der Waals surface area contributed by atoms with Crippen LogP contribution in [-0.4, -0.2) is 0 Å². The van der Waals surface area contributed by atoms with Crippen molar-refractivity contribution in [2.24, 2.45) is 0 Å². The van der Waals surface area contributed by atoms with Gasteiger partial charge in [0.25, 0.3) is 0 Å². The van der Waals surface area contributed by atoms with Gasteiger partial charge in [-0.15, -0.1) is 0 Å². The zero-order valence-corrected chi connectivity index (χ0v) is 10.3. The predicted molar refractivity (Wildman–Crippen MR) is 64.2 cm³/mol. The largest absolute Gasteiger partial charge is 0.0614 e. The topological polar surface area (TPSA) is 0 Å². The lowest BCUT2D eigenvalue weighted by atomic mass is 10.1. The molecular weight excluding hydrogens is 292 g/mol. The summed E-state index contributed by atoms with van der Waals surface area (Å²) in [5.41, 5.74) is 2.74. The Kier molecular flexibility index (Phi) is 2.89. The first-order chi connectivity index (χ1) is 6.25. The molecule has 0 nitrogen and oxygen atoms in total. The van der Waals surface area contributed by atoms with Crippen LogP contribution >= 0.6 is 31.9 Å². The van der Waals surface area contributed by atoms with E-state index in [1.807, 2.05) is 0 Å². The monoisotopic (exact) mass is 300 g/mol. The maximum Gasteiger partial charge on any atom is 0.0610 e. The molecule has 1 saturated carbocycles. The Morgan fingerprint density at radius 3 is 2.69 bits per heavy atom. The lowest BCUT2D eigenvalue weighted by Crippen LogP contribution is -1.79. The molecule has 1 aliphatic rings. The van der Waals surface area contributed by atoms with Crippen molar-refractivity contribution in [3.8, 4) is 0 Å². The molecule has 0 aromatic heterocycles. The number of benzene rings is 1. The first-order valence-electron chi connectivity index (χ1n) is 4.38. The maximum atomic E-state index is 3.37. The van der Waals surface area contributed by atoms with Crippen LogP contribution in [0.25, 0.3) is 6.08 Å². The van der Waals surface area contributed by atoms with Gasteiger partial charge in [-0.25, -0.2) is 0 Å². The molecule has 0 unspecified atom stereocenters. The van der Waals surface area contributed by atoms with Gasteiger partial charge in [-0.3, -0.25) is 0 Å². The zero-order valence-electron chi connectivity index (χ0n) is 7.13. The van der Waals surface area contributed by atoms with Gasteiger partial charge in [-0.1, -0.05) is 24.3 Å². The molecule has 1 aromatic rings. The number of rotatable bonds is 2. The van der Waals surface area contributed by atoms with E-state index in [-0.39, 0.29) is 0 Å². The van der Waals surface area contributed by atoms with E-state index in [2.05, 4.69) is 62.2 Å². The first kappa shape index (κ1) is 9.47.